The first-order valence-corrected chi connectivity index (χ1v) is 7.30. The molecule has 0 rings (SSSR count). The standard InChI is InChI=1S/C15H33B/c1-9-15(10-2,13(7)8)16-14(11(3)4)12(5)6/h11-14,16H,9-10H2,1-8H3. The Morgan fingerprint density at radius 2 is 1.19 bits per heavy atom. The minimum atomic E-state index is 0.569. The average Bonchev–Trinajstić information content (AvgIpc) is 2.18. The Morgan fingerprint density at radius 1 is 0.812 bits per heavy atom. The summed E-state index contributed by atoms with van der Waals surface area (Å²) in [6.45, 7) is 19.1. The molecule has 0 spiro atoms. The van der Waals surface area contributed by atoms with Gasteiger partial charge in [0.2, 0.25) is 0 Å². The smallest absolute Gasteiger partial charge is 0.0655 e. The van der Waals surface area contributed by atoms with E-state index in [2.05, 4.69) is 55.4 Å². The molecule has 0 aliphatic heterocycles. The fourth-order valence-electron chi connectivity index (χ4n) is 3.30. The maximum absolute atomic E-state index is 2.41. The molecule has 0 aromatic carbocycles. The monoisotopic (exact) mass is 224 g/mol. The molecule has 0 N–H and O–H groups in total. The van der Waals surface area contributed by atoms with Crippen molar-refractivity contribution in [2.45, 2.75) is 79.4 Å². The van der Waals surface area contributed by atoms with Gasteiger partial charge in [-0.15, -0.1) is 0 Å². The van der Waals surface area contributed by atoms with E-state index in [4.69, 9.17) is 0 Å². The highest BCUT2D eigenvalue weighted by molar-refractivity contribution is 6.42. The summed E-state index contributed by atoms with van der Waals surface area (Å²) in [7, 11) is 1.41. The zero-order valence-corrected chi connectivity index (χ0v) is 12.9. The molecule has 16 heavy (non-hydrogen) atoms. The van der Waals surface area contributed by atoms with E-state index in [9.17, 15) is 0 Å². The molecular formula is C15H33B. The van der Waals surface area contributed by atoms with Crippen LogP contribution >= 0.6 is 0 Å². The van der Waals surface area contributed by atoms with Crippen molar-refractivity contribution in [3.05, 3.63) is 0 Å². The predicted octanol–water partition coefficient (Wildman–Crippen LogP) is 5.16. The third-order valence-electron chi connectivity index (χ3n) is 4.99. The molecule has 0 atom stereocenters. The fourth-order valence-corrected chi connectivity index (χ4v) is 3.30. The molecule has 0 aromatic heterocycles. The molecule has 96 valence electrons. The third kappa shape index (κ3) is 3.82. The van der Waals surface area contributed by atoms with E-state index in [1.54, 1.807) is 0 Å². The van der Waals surface area contributed by atoms with Crippen molar-refractivity contribution < 1.29 is 0 Å². The fraction of sp³-hybridized carbons (Fsp3) is 1.00. The molecule has 0 radical (unpaired) electrons. The zero-order chi connectivity index (χ0) is 12.9. The molecule has 0 saturated heterocycles. The number of hydrogen-bond acceptors (Lipinski definition) is 0. The summed E-state index contributed by atoms with van der Waals surface area (Å²) >= 11 is 0. The Labute approximate surface area is 105 Å². The van der Waals surface area contributed by atoms with Gasteiger partial charge >= 0.3 is 0 Å². The molecule has 0 aliphatic rings. The van der Waals surface area contributed by atoms with E-state index in [0.29, 0.717) is 5.31 Å². The first kappa shape index (κ1) is 16.1. The van der Waals surface area contributed by atoms with E-state index >= 15 is 0 Å². The highest BCUT2D eigenvalue weighted by Crippen LogP contribution is 2.46. The van der Waals surface area contributed by atoms with Gasteiger partial charge in [-0.2, -0.15) is 0 Å². The predicted molar refractivity (Wildman–Crippen MR) is 78.7 cm³/mol. The number of hydrogen-bond donors (Lipinski definition) is 0. The van der Waals surface area contributed by atoms with Crippen LogP contribution in [0.1, 0.15) is 68.2 Å². The molecule has 0 aromatic rings. The Balaban J connectivity index is 4.84. The minimum absolute atomic E-state index is 0.569. The Hall–Kier alpha value is 0.0649. The zero-order valence-electron chi connectivity index (χ0n) is 12.9. The van der Waals surface area contributed by atoms with Crippen molar-refractivity contribution in [3.8, 4) is 0 Å². The van der Waals surface area contributed by atoms with E-state index in [-0.39, 0.29) is 0 Å². The maximum atomic E-state index is 2.41. The lowest BCUT2D eigenvalue weighted by molar-refractivity contribution is 0.359. The molecule has 1 heteroatoms. The van der Waals surface area contributed by atoms with Crippen LogP contribution < -0.4 is 0 Å². The van der Waals surface area contributed by atoms with E-state index in [1.165, 1.54) is 20.1 Å². The van der Waals surface area contributed by atoms with Crippen molar-refractivity contribution in [2.75, 3.05) is 0 Å². The molecule has 0 amide bonds. The van der Waals surface area contributed by atoms with Gasteiger partial charge in [0.25, 0.3) is 0 Å². The van der Waals surface area contributed by atoms with Crippen LogP contribution in [0.15, 0.2) is 0 Å². The lowest BCUT2D eigenvalue weighted by Gasteiger charge is -2.40. The summed E-state index contributed by atoms with van der Waals surface area (Å²) in [5.41, 5.74) is 0. The molecular weight excluding hydrogens is 191 g/mol. The van der Waals surface area contributed by atoms with Crippen molar-refractivity contribution in [2.24, 2.45) is 17.8 Å². The van der Waals surface area contributed by atoms with Crippen molar-refractivity contribution in [1.29, 1.82) is 0 Å². The van der Waals surface area contributed by atoms with Crippen molar-refractivity contribution in [3.63, 3.8) is 0 Å². The molecule has 0 heterocycles. The van der Waals surface area contributed by atoms with E-state index in [0.717, 1.165) is 23.6 Å². The van der Waals surface area contributed by atoms with Crippen LogP contribution in [-0.2, 0) is 0 Å². The first-order valence-electron chi connectivity index (χ1n) is 7.30. The van der Waals surface area contributed by atoms with Crippen LogP contribution in [0.5, 0.6) is 0 Å². The van der Waals surface area contributed by atoms with E-state index < -0.39 is 0 Å². The van der Waals surface area contributed by atoms with Crippen molar-refractivity contribution in [1.82, 2.24) is 0 Å². The van der Waals surface area contributed by atoms with Crippen LogP contribution in [0.4, 0.5) is 0 Å². The molecule has 0 unspecified atom stereocenters. The Morgan fingerprint density at radius 3 is 1.38 bits per heavy atom. The summed E-state index contributed by atoms with van der Waals surface area (Å²) < 4.78 is 0. The van der Waals surface area contributed by atoms with Crippen LogP contribution in [0.25, 0.3) is 0 Å². The molecule has 0 nitrogen and oxygen atoms in total. The Kier molecular flexibility index (Phi) is 6.74. The Bertz CT molecular complexity index is 170. The largest absolute Gasteiger partial charge is 0.132 e. The van der Waals surface area contributed by atoms with Gasteiger partial charge in [0.05, 0.1) is 0 Å². The SMILES string of the molecule is CCC(BC(C(C)C)C(C)C)(CC)C(C)C. The second kappa shape index (κ2) is 6.72. The highest BCUT2D eigenvalue weighted by Gasteiger charge is 2.35. The van der Waals surface area contributed by atoms with Crippen LogP contribution in [0.3, 0.4) is 0 Å². The summed E-state index contributed by atoms with van der Waals surface area (Å²) in [6, 6.07) is 0. The lowest BCUT2D eigenvalue weighted by Crippen LogP contribution is -2.32. The summed E-state index contributed by atoms with van der Waals surface area (Å²) in [5, 5.41) is 0.569. The highest BCUT2D eigenvalue weighted by atomic mass is 14.3. The normalized spacial score (nSPS) is 13.2. The summed E-state index contributed by atoms with van der Waals surface area (Å²) in [4.78, 5) is 0. The topological polar surface area (TPSA) is 0 Å². The molecule has 0 aliphatic carbocycles. The van der Waals surface area contributed by atoms with Crippen molar-refractivity contribution >= 4 is 7.28 Å². The molecule has 0 saturated carbocycles. The van der Waals surface area contributed by atoms with Gasteiger partial charge < -0.3 is 0 Å². The first-order chi connectivity index (χ1) is 7.30. The minimum Gasteiger partial charge on any atom is -0.0655 e. The van der Waals surface area contributed by atoms with Gasteiger partial charge in [-0.25, -0.2) is 0 Å². The second-order valence-electron chi connectivity index (χ2n) is 6.58. The van der Waals surface area contributed by atoms with E-state index in [1.807, 2.05) is 0 Å². The van der Waals surface area contributed by atoms with Crippen LogP contribution in [-0.4, -0.2) is 7.28 Å². The lowest BCUT2D eigenvalue weighted by atomic mass is 9.37. The summed E-state index contributed by atoms with van der Waals surface area (Å²) in [6.07, 6.45) is 2.66. The van der Waals surface area contributed by atoms with Gasteiger partial charge in [-0.3, -0.25) is 0 Å². The second-order valence-corrected chi connectivity index (χ2v) is 6.58. The molecule has 0 fully saturated rings. The quantitative estimate of drug-likeness (QED) is 0.524. The van der Waals surface area contributed by atoms with Gasteiger partial charge in [0.1, 0.15) is 7.28 Å². The van der Waals surface area contributed by atoms with Gasteiger partial charge in [0, 0.05) is 0 Å². The van der Waals surface area contributed by atoms with Gasteiger partial charge in [0.15, 0.2) is 0 Å². The van der Waals surface area contributed by atoms with Crippen LogP contribution in [0, 0.1) is 17.8 Å². The summed E-state index contributed by atoms with van der Waals surface area (Å²) in [5.74, 6) is 3.32. The van der Waals surface area contributed by atoms with Gasteiger partial charge in [-0.1, -0.05) is 91.2 Å². The third-order valence-corrected chi connectivity index (χ3v) is 4.99. The van der Waals surface area contributed by atoms with Gasteiger partial charge in [-0.05, 0) is 5.92 Å². The maximum Gasteiger partial charge on any atom is 0.132 e. The van der Waals surface area contributed by atoms with Crippen LogP contribution in [0.2, 0.25) is 11.1 Å². The molecule has 0 bridgehead atoms. The average molecular weight is 224 g/mol. The number of rotatable bonds is 7.